The van der Waals surface area contributed by atoms with Crippen LogP contribution in [0, 0.1) is 0 Å². The summed E-state index contributed by atoms with van der Waals surface area (Å²) in [6.07, 6.45) is 7.84. The lowest BCUT2D eigenvalue weighted by Gasteiger charge is -2.10. The number of hydrogen-bond donors (Lipinski definition) is 0. The van der Waals surface area contributed by atoms with Gasteiger partial charge in [-0.1, -0.05) is 31.1 Å². The fraction of sp³-hybridized carbons (Fsp3) is 0.667. The molecule has 4 rings (SSSR count). The van der Waals surface area contributed by atoms with E-state index in [2.05, 4.69) is 31.1 Å². The Labute approximate surface area is 131 Å². The van der Waals surface area contributed by atoms with Crippen LogP contribution in [0.15, 0.2) is 15.3 Å². The summed E-state index contributed by atoms with van der Waals surface area (Å²) >= 11 is 0. The minimum Gasteiger partial charge on any atom is -0.364 e. The van der Waals surface area contributed by atoms with Crippen molar-refractivity contribution in [1.82, 2.24) is 10.3 Å². The molecule has 0 aromatic carbocycles. The molecule has 0 N–H and O–H groups in total. The van der Waals surface area contributed by atoms with E-state index >= 15 is 0 Å². The summed E-state index contributed by atoms with van der Waals surface area (Å²) in [7, 11) is 0. The van der Waals surface area contributed by atoms with Gasteiger partial charge in [-0.05, 0) is 37.5 Å². The second-order valence-electron chi connectivity index (χ2n) is 7.37. The van der Waals surface area contributed by atoms with E-state index in [1.54, 1.807) is 0 Å². The monoisotopic (exact) mass is 300 g/mol. The second-order valence-corrected chi connectivity index (χ2v) is 7.37. The van der Waals surface area contributed by atoms with Gasteiger partial charge in [0.2, 0.25) is 0 Å². The Morgan fingerprint density at radius 3 is 2.45 bits per heavy atom. The molecular formula is C18H24N2O2. The molecule has 2 fully saturated rings. The van der Waals surface area contributed by atoms with Crippen LogP contribution in [0.3, 0.4) is 0 Å². The van der Waals surface area contributed by atoms with Crippen molar-refractivity contribution in [3.63, 3.8) is 0 Å². The van der Waals surface area contributed by atoms with Crippen molar-refractivity contribution < 1.29 is 9.05 Å². The van der Waals surface area contributed by atoms with E-state index in [0.717, 1.165) is 23.6 Å². The van der Waals surface area contributed by atoms with Gasteiger partial charge < -0.3 is 9.05 Å². The van der Waals surface area contributed by atoms with Crippen LogP contribution in [-0.2, 0) is 6.42 Å². The molecule has 0 saturated heterocycles. The largest absolute Gasteiger partial charge is 0.364 e. The first-order valence-corrected chi connectivity index (χ1v) is 8.57. The van der Waals surface area contributed by atoms with Gasteiger partial charge in [-0.15, -0.1) is 0 Å². The molecule has 4 heteroatoms. The smallest absolute Gasteiger partial charge is 0.142 e. The Hall–Kier alpha value is -1.58. The van der Waals surface area contributed by atoms with Crippen LogP contribution in [0.5, 0.6) is 0 Å². The van der Waals surface area contributed by atoms with Crippen molar-refractivity contribution in [3.05, 3.63) is 34.5 Å². The van der Waals surface area contributed by atoms with Crippen molar-refractivity contribution in [2.24, 2.45) is 0 Å². The van der Waals surface area contributed by atoms with Crippen molar-refractivity contribution in [3.8, 4) is 0 Å². The van der Waals surface area contributed by atoms with Gasteiger partial charge in [-0.25, -0.2) is 0 Å². The standard InChI is InChI=1S/C18H24N2O2/c1-10(2)18-16(13-6-7-13)15(19-22-18)8-11(3)17-14(9-21-20-17)12-4-5-12/h9-13H,4-8H2,1-3H3. The topological polar surface area (TPSA) is 52.1 Å². The molecule has 118 valence electrons. The van der Waals surface area contributed by atoms with Gasteiger partial charge in [0.15, 0.2) is 0 Å². The Bertz CT molecular complexity index is 662. The molecule has 22 heavy (non-hydrogen) atoms. The summed E-state index contributed by atoms with van der Waals surface area (Å²) in [6, 6.07) is 0. The summed E-state index contributed by atoms with van der Waals surface area (Å²) < 4.78 is 10.9. The zero-order valence-corrected chi connectivity index (χ0v) is 13.6. The van der Waals surface area contributed by atoms with E-state index < -0.39 is 0 Å². The quantitative estimate of drug-likeness (QED) is 0.762. The van der Waals surface area contributed by atoms with Crippen molar-refractivity contribution in [1.29, 1.82) is 0 Å². The molecule has 2 saturated carbocycles. The molecule has 0 bridgehead atoms. The maximum absolute atomic E-state index is 5.67. The maximum Gasteiger partial charge on any atom is 0.142 e. The fourth-order valence-corrected chi connectivity index (χ4v) is 3.43. The lowest BCUT2D eigenvalue weighted by Crippen LogP contribution is -2.04. The van der Waals surface area contributed by atoms with Crippen LogP contribution in [-0.4, -0.2) is 10.3 Å². The van der Waals surface area contributed by atoms with Crippen molar-refractivity contribution in [2.45, 2.75) is 76.5 Å². The second kappa shape index (κ2) is 5.25. The zero-order valence-electron chi connectivity index (χ0n) is 13.6. The lowest BCUT2D eigenvalue weighted by atomic mass is 9.92. The minimum atomic E-state index is 0.331. The molecular weight excluding hydrogens is 276 g/mol. The molecule has 0 radical (unpaired) electrons. The van der Waals surface area contributed by atoms with Crippen molar-refractivity contribution >= 4 is 0 Å². The van der Waals surface area contributed by atoms with Gasteiger partial charge in [0.05, 0.1) is 11.4 Å². The zero-order chi connectivity index (χ0) is 15.3. The van der Waals surface area contributed by atoms with E-state index in [1.807, 2.05) is 6.26 Å². The molecule has 4 nitrogen and oxygen atoms in total. The van der Waals surface area contributed by atoms with Crippen LogP contribution < -0.4 is 0 Å². The highest BCUT2D eigenvalue weighted by Crippen LogP contribution is 2.47. The van der Waals surface area contributed by atoms with E-state index in [-0.39, 0.29) is 0 Å². The van der Waals surface area contributed by atoms with E-state index in [0.29, 0.717) is 23.7 Å². The molecule has 2 aromatic rings. The third-order valence-corrected chi connectivity index (χ3v) is 4.95. The molecule has 2 aliphatic rings. The number of nitrogens with zero attached hydrogens (tertiary/aromatic N) is 2. The minimum absolute atomic E-state index is 0.331. The highest BCUT2D eigenvalue weighted by molar-refractivity contribution is 5.35. The van der Waals surface area contributed by atoms with E-state index in [1.165, 1.54) is 36.8 Å². The fourth-order valence-electron chi connectivity index (χ4n) is 3.43. The van der Waals surface area contributed by atoms with Crippen molar-refractivity contribution in [2.75, 3.05) is 0 Å². The number of rotatable bonds is 6. The van der Waals surface area contributed by atoms with Crippen LogP contribution in [0.4, 0.5) is 0 Å². The van der Waals surface area contributed by atoms with Crippen LogP contribution in [0.2, 0.25) is 0 Å². The van der Waals surface area contributed by atoms with Gasteiger partial charge in [-0.2, -0.15) is 0 Å². The van der Waals surface area contributed by atoms with Gasteiger partial charge in [0.1, 0.15) is 12.0 Å². The maximum atomic E-state index is 5.67. The summed E-state index contributed by atoms with van der Waals surface area (Å²) in [5.41, 5.74) is 4.97. The first-order valence-electron chi connectivity index (χ1n) is 8.57. The summed E-state index contributed by atoms with van der Waals surface area (Å²) in [4.78, 5) is 0. The summed E-state index contributed by atoms with van der Waals surface area (Å²) in [6.45, 7) is 6.59. The van der Waals surface area contributed by atoms with Crippen LogP contribution in [0.25, 0.3) is 0 Å². The Kier molecular flexibility index (Phi) is 3.35. The van der Waals surface area contributed by atoms with Gasteiger partial charge >= 0.3 is 0 Å². The molecule has 1 atom stereocenters. The Morgan fingerprint density at radius 1 is 1.09 bits per heavy atom. The lowest BCUT2D eigenvalue weighted by molar-refractivity contribution is 0.362. The van der Waals surface area contributed by atoms with Crippen LogP contribution >= 0.6 is 0 Å². The Balaban J connectivity index is 1.59. The first-order chi connectivity index (χ1) is 10.6. The van der Waals surface area contributed by atoms with E-state index in [9.17, 15) is 0 Å². The predicted octanol–water partition coefficient (Wildman–Crippen LogP) is 4.89. The van der Waals surface area contributed by atoms with Gasteiger partial charge in [0, 0.05) is 29.4 Å². The third kappa shape index (κ3) is 2.49. The van der Waals surface area contributed by atoms with Gasteiger partial charge in [-0.3, -0.25) is 0 Å². The molecule has 0 aliphatic heterocycles. The third-order valence-electron chi connectivity index (χ3n) is 4.95. The normalized spacial score (nSPS) is 19.8. The first kappa shape index (κ1) is 14.0. The molecule has 2 aliphatic carbocycles. The average molecular weight is 300 g/mol. The molecule has 0 spiro atoms. The van der Waals surface area contributed by atoms with E-state index in [4.69, 9.17) is 9.05 Å². The predicted molar refractivity (Wildman–Crippen MR) is 83.2 cm³/mol. The average Bonchev–Trinajstić information content (AvgIpc) is 3.42. The SMILES string of the molecule is CC(C)c1onc(CC(C)c2nocc2C2CC2)c1C1CC1. The molecule has 1 unspecified atom stereocenters. The molecule has 0 amide bonds. The van der Waals surface area contributed by atoms with Gasteiger partial charge in [0.25, 0.3) is 0 Å². The highest BCUT2D eigenvalue weighted by Gasteiger charge is 2.35. The summed E-state index contributed by atoms with van der Waals surface area (Å²) in [5, 5.41) is 8.68. The number of hydrogen-bond acceptors (Lipinski definition) is 4. The number of aromatic nitrogens is 2. The Morgan fingerprint density at radius 2 is 1.82 bits per heavy atom. The molecule has 2 aromatic heterocycles. The molecule has 2 heterocycles. The summed E-state index contributed by atoms with van der Waals surface area (Å²) in [5.74, 6) is 3.17. The van der Waals surface area contributed by atoms with Crippen LogP contribution in [0.1, 0.15) is 98.4 Å². The highest BCUT2D eigenvalue weighted by atomic mass is 16.5.